The summed E-state index contributed by atoms with van der Waals surface area (Å²) in [4.78, 5) is 64.5. The quantitative estimate of drug-likeness (QED) is 0.174. The van der Waals surface area contributed by atoms with Crippen molar-refractivity contribution in [1.82, 2.24) is 29.0 Å². The number of amides is 3. The van der Waals surface area contributed by atoms with Crippen LogP contribution in [0.25, 0.3) is 16.6 Å². The lowest BCUT2D eigenvalue weighted by atomic mass is 9.72. The van der Waals surface area contributed by atoms with Crippen LogP contribution in [0.1, 0.15) is 53.6 Å². The Balaban J connectivity index is 0.674. The number of rotatable bonds is 11. The number of halogens is 2. The fraction of sp³-hybridized carbons (Fsp3) is 0.388. The number of imide groups is 1. The van der Waals surface area contributed by atoms with E-state index >= 15 is 4.39 Å². The van der Waals surface area contributed by atoms with Gasteiger partial charge in [-0.2, -0.15) is 18.0 Å². The van der Waals surface area contributed by atoms with Crippen molar-refractivity contribution in [2.24, 2.45) is 11.3 Å². The van der Waals surface area contributed by atoms with Gasteiger partial charge in [0.25, 0.3) is 11.5 Å². The van der Waals surface area contributed by atoms with Gasteiger partial charge in [-0.15, -0.1) is 0 Å². The molecule has 1 aromatic heterocycles. The summed E-state index contributed by atoms with van der Waals surface area (Å²) in [5.41, 5.74) is 3.86. The molecule has 2 atom stereocenters. The Morgan fingerprint density at radius 2 is 1.62 bits per heavy atom. The zero-order chi connectivity index (χ0) is 47.8. The molecule has 1 spiro atoms. The number of carbonyl (C=O) groups excluding carboxylic acids is 3. The normalized spacial score (nSPS) is 21.8. The Bertz CT molecular complexity index is 3140. The maximum atomic E-state index is 15.2. The Hall–Kier alpha value is -6.95. The third-order valence-electron chi connectivity index (χ3n) is 14.5. The fourth-order valence-electron chi connectivity index (χ4n) is 10.9. The first-order valence-corrected chi connectivity index (χ1v) is 24.6. The lowest BCUT2D eigenvalue weighted by Gasteiger charge is -2.61. The van der Waals surface area contributed by atoms with Crippen molar-refractivity contribution in [3.63, 3.8) is 0 Å². The minimum Gasteiger partial charge on any atom is -0.453 e. The molecule has 17 nitrogen and oxygen atoms in total. The average molecular weight is 959 g/mol. The highest BCUT2D eigenvalue weighted by Gasteiger charge is 2.52. The highest BCUT2D eigenvalue weighted by atomic mass is 32.2. The van der Waals surface area contributed by atoms with Crippen LogP contribution in [0.15, 0.2) is 83.9 Å². The molecule has 0 bridgehead atoms. The molecule has 7 heterocycles. The second kappa shape index (κ2) is 17.2. The first kappa shape index (κ1) is 44.5. The van der Waals surface area contributed by atoms with Gasteiger partial charge in [-0.3, -0.25) is 33.8 Å². The molecule has 5 aromatic rings. The second-order valence-corrected chi connectivity index (χ2v) is 20.8. The summed E-state index contributed by atoms with van der Waals surface area (Å²) < 4.78 is 65.2. The van der Waals surface area contributed by atoms with E-state index in [0.29, 0.717) is 35.7 Å². The molecule has 0 saturated carbocycles. The van der Waals surface area contributed by atoms with E-state index in [2.05, 4.69) is 35.8 Å². The number of nitriles is 1. The molecular formula is C49H48F2N10O7S. The van der Waals surface area contributed by atoms with Crippen molar-refractivity contribution < 1.29 is 36.3 Å². The molecular weight excluding hydrogens is 911 g/mol. The third kappa shape index (κ3) is 8.31. The number of fused-ring (bicyclic) bond motifs is 2. The second-order valence-electron chi connectivity index (χ2n) is 19.2. The average Bonchev–Trinajstić information content (AvgIpc) is 3.91. The molecule has 0 radical (unpaired) electrons. The molecule has 4 aromatic carbocycles. The van der Waals surface area contributed by atoms with E-state index in [1.807, 2.05) is 36.4 Å². The van der Waals surface area contributed by atoms with E-state index in [0.717, 1.165) is 92.0 Å². The van der Waals surface area contributed by atoms with Crippen LogP contribution in [0.2, 0.25) is 0 Å². The molecule has 356 valence electrons. The van der Waals surface area contributed by atoms with E-state index in [4.69, 9.17) is 4.74 Å². The standard InChI is InChI=1S/C49H48F2N10O7S/c50-32-15-18-59(24-32)69(66,67)55-42-10-8-40(51)45(39(42)21-52)68-36-6-9-41-38(20-36)48(65)61(29-53-41)34-3-1-33(2-4-34)58-27-49(28-58)25-56(26-49)22-30-13-16-57(17-14-30)35-5-7-37-31(19-35)23-60(47(37)64)43-11-12-44(62)54-46(43)63/h1-10,19-20,29-30,32,43,55H,11-18,22-28H2,(H,54,62,63)/t32-,43?/m1/s1. The Morgan fingerprint density at radius 3 is 2.35 bits per heavy atom. The fourth-order valence-corrected chi connectivity index (χ4v) is 12.2. The molecule has 20 heteroatoms. The minimum absolute atomic E-state index is 0.0199. The number of hydrogen-bond acceptors (Lipinski definition) is 12. The van der Waals surface area contributed by atoms with Crippen LogP contribution in [0.4, 0.5) is 25.8 Å². The van der Waals surface area contributed by atoms with Gasteiger partial charge >= 0.3 is 10.2 Å². The number of aromatic nitrogens is 2. The van der Waals surface area contributed by atoms with Gasteiger partial charge in [-0.25, -0.2) is 13.8 Å². The number of carbonyl (C=O) groups is 3. The number of nitrogens with zero attached hydrogens (tertiary/aromatic N) is 8. The number of alkyl halides is 1. The molecule has 11 rings (SSSR count). The van der Waals surface area contributed by atoms with Crippen molar-refractivity contribution in [2.75, 3.05) is 73.4 Å². The molecule has 6 aliphatic heterocycles. The predicted octanol–water partition coefficient (Wildman–Crippen LogP) is 4.69. The third-order valence-corrected chi connectivity index (χ3v) is 16.0. The van der Waals surface area contributed by atoms with E-state index < -0.39 is 51.0 Å². The first-order valence-electron chi connectivity index (χ1n) is 23.2. The number of hydrogen-bond donors (Lipinski definition) is 2. The van der Waals surface area contributed by atoms with Crippen LogP contribution in [-0.4, -0.2) is 121 Å². The maximum Gasteiger partial charge on any atom is 0.301 e. The summed E-state index contributed by atoms with van der Waals surface area (Å²) in [5, 5.41) is 12.5. The zero-order valence-corrected chi connectivity index (χ0v) is 38.3. The molecule has 5 fully saturated rings. The molecule has 2 N–H and O–H groups in total. The van der Waals surface area contributed by atoms with E-state index in [9.17, 15) is 37.2 Å². The van der Waals surface area contributed by atoms with Crippen molar-refractivity contribution in [2.45, 2.75) is 50.9 Å². The molecule has 1 unspecified atom stereocenters. The highest BCUT2D eigenvalue weighted by molar-refractivity contribution is 7.90. The van der Waals surface area contributed by atoms with Crippen LogP contribution < -0.4 is 30.1 Å². The smallest absolute Gasteiger partial charge is 0.301 e. The Morgan fingerprint density at radius 1 is 0.870 bits per heavy atom. The van der Waals surface area contributed by atoms with Gasteiger partial charge in [-0.1, -0.05) is 0 Å². The lowest BCUT2D eigenvalue weighted by molar-refractivity contribution is -0.136. The van der Waals surface area contributed by atoms with Crippen molar-refractivity contribution >= 4 is 55.9 Å². The van der Waals surface area contributed by atoms with Gasteiger partial charge in [0.15, 0.2) is 11.6 Å². The van der Waals surface area contributed by atoms with Gasteiger partial charge in [0.2, 0.25) is 11.8 Å². The summed E-state index contributed by atoms with van der Waals surface area (Å²) in [5.74, 6) is -1.70. The Kier molecular flexibility index (Phi) is 11.1. The van der Waals surface area contributed by atoms with E-state index in [-0.39, 0.29) is 60.0 Å². The maximum absolute atomic E-state index is 15.2. The van der Waals surface area contributed by atoms with Crippen LogP contribution in [-0.2, 0) is 26.3 Å². The van der Waals surface area contributed by atoms with Gasteiger partial charge in [0, 0.05) is 94.2 Å². The van der Waals surface area contributed by atoms with Crippen molar-refractivity contribution in [3.8, 4) is 23.3 Å². The number of anilines is 3. The largest absolute Gasteiger partial charge is 0.453 e. The molecule has 5 saturated heterocycles. The SMILES string of the molecule is N#Cc1c(NS(=O)(=O)N2CC[C@@H](F)C2)ccc(F)c1Oc1ccc2ncn(-c3ccc(N4CC5(CN(CC6CCN(c7ccc8c(c7)CN(C7CCC(=O)NC7=O)C8=O)CC6)C5)C4)cc3)c(=O)c2c1. The minimum atomic E-state index is -4.24. The van der Waals surface area contributed by atoms with Crippen molar-refractivity contribution in [3.05, 3.63) is 112 Å². The van der Waals surface area contributed by atoms with Crippen LogP contribution in [0.3, 0.4) is 0 Å². The molecule has 3 amide bonds. The molecule has 6 aliphatic rings. The van der Waals surface area contributed by atoms with Gasteiger partial charge in [-0.05, 0) is 110 Å². The molecule has 0 aliphatic carbocycles. The first-order chi connectivity index (χ1) is 33.2. The summed E-state index contributed by atoms with van der Waals surface area (Å²) in [6.45, 7) is 6.97. The number of piperidine rings is 2. The van der Waals surface area contributed by atoms with Crippen LogP contribution in [0.5, 0.6) is 11.5 Å². The summed E-state index contributed by atoms with van der Waals surface area (Å²) in [6, 6.07) is 21.3. The number of benzene rings is 4. The van der Waals surface area contributed by atoms with Gasteiger partial charge < -0.3 is 24.3 Å². The van der Waals surface area contributed by atoms with Gasteiger partial charge in [0.05, 0.1) is 22.3 Å². The highest BCUT2D eigenvalue weighted by Crippen LogP contribution is 2.43. The van der Waals surface area contributed by atoms with E-state index in [1.54, 1.807) is 11.0 Å². The lowest BCUT2D eigenvalue weighted by Crippen LogP contribution is -2.72. The monoisotopic (exact) mass is 958 g/mol. The number of ether oxygens (including phenoxy) is 1. The summed E-state index contributed by atoms with van der Waals surface area (Å²) in [7, 11) is -4.24. The Labute approximate surface area is 396 Å². The number of nitrogens with one attached hydrogen (secondary N) is 2. The van der Waals surface area contributed by atoms with Crippen molar-refractivity contribution in [1.29, 1.82) is 5.26 Å². The van der Waals surface area contributed by atoms with Gasteiger partial charge in [0.1, 0.15) is 35.9 Å². The van der Waals surface area contributed by atoms with Crippen LogP contribution >= 0.6 is 0 Å². The summed E-state index contributed by atoms with van der Waals surface area (Å²) >= 11 is 0. The topological polar surface area (TPSA) is 194 Å². The number of likely N-dealkylation sites (tertiary alicyclic amines) is 1. The van der Waals surface area contributed by atoms with E-state index in [1.165, 1.54) is 29.1 Å². The molecule has 69 heavy (non-hydrogen) atoms. The summed E-state index contributed by atoms with van der Waals surface area (Å²) in [6.07, 6.45) is 2.92. The van der Waals surface area contributed by atoms with Crippen LogP contribution in [0, 0.1) is 28.5 Å². The zero-order valence-electron chi connectivity index (χ0n) is 37.4. The predicted molar refractivity (Wildman–Crippen MR) is 251 cm³/mol.